The van der Waals surface area contributed by atoms with E-state index in [2.05, 4.69) is 41.9 Å². The van der Waals surface area contributed by atoms with Gasteiger partial charge < -0.3 is 34.0 Å². The average molecular weight is 937 g/mol. The maximum atomic E-state index is 13.6. The van der Waals surface area contributed by atoms with Crippen LogP contribution >= 0.6 is 0 Å². The van der Waals surface area contributed by atoms with Crippen LogP contribution in [0.15, 0.2) is 165 Å². The summed E-state index contributed by atoms with van der Waals surface area (Å²) in [5, 5.41) is 6.82. The lowest BCUT2D eigenvalue weighted by Gasteiger charge is -2.25. The molecule has 70 heavy (non-hydrogen) atoms. The number of rotatable bonds is 12. The Bertz CT molecular complexity index is 3140. The van der Waals surface area contributed by atoms with Crippen LogP contribution in [0.2, 0.25) is 0 Å². The number of nitrogens with zero attached hydrogens (tertiary/aromatic N) is 8. The molecule has 2 fully saturated rings. The first-order valence-electron chi connectivity index (χ1n) is 23.3. The topological polar surface area (TPSA) is 139 Å². The van der Waals surface area contributed by atoms with Gasteiger partial charge in [-0.25, -0.2) is 28.7 Å². The van der Waals surface area contributed by atoms with Gasteiger partial charge in [0.15, 0.2) is 0 Å². The molecule has 0 atom stereocenters. The zero-order chi connectivity index (χ0) is 47.7. The Morgan fingerprint density at radius 2 is 0.929 bits per heavy atom. The van der Waals surface area contributed by atoms with Gasteiger partial charge in [0.1, 0.15) is 28.9 Å². The highest BCUT2D eigenvalue weighted by atomic mass is 19.1. The van der Waals surface area contributed by atoms with Gasteiger partial charge in [-0.05, 0) is 148 Å². The Morgan fingerprint density at radius 1 is 0.471 bits per heavy atom. The number of imidazole rings is 2. The van der Waals surface area contributed by atoms with Crippen molar-refractivity contribution in [2.75, 3.05) is 33.3 Å². The summed E-state index contributed by atoms with van der Waals surface area (Å²) in [5.41, 5.74) is 8.57. The zero-order valence-electron chi connectivity index (χ0n) is 38.5. The second-order valence-corrected chi connectivity index (χ2v) is 16.9. The number of aromatic nitrogens is 8. The van der Waals surface area contributed by atoms with E-state index >= 15 is 0 Å². The smallest absolute Gasteiger partial charge is 0.322 e. The Morgan fingerprint density at radius 3 is 1.43 bits per heavy atom. The number of nitrogens with one attached hydrogen (secondary N) is 2. The lowest BCUT2D eigenvalue weighted by molar-refractivity contribution is 0.370. The number of piperidine rings is 2. The average Bonchev–Trinajstić information content (AvgIpc) is 4.07. The second-order valence-electron chi connectivity index (χ2n) is 16.9. The molecule has 0 radical (unpaired) electrons. The molecule has 0 amide bonds. The van der Waals surface area contributed by atoms with Crippen molar-refractivity contribution in [2.45, 2.75) is 37.8 Å². The summed E-state index contributed by atoms with van der Waals surface area (Å²) in [4.78, 5) is 27.6. The standard InChI is InChI=1S/C30H26FN5O.C25H24FN5O2/c31-24-10-6-23(7-11-24)28-29(36(20-34-28)25-14-17-32-18-15-25)27-16-19-33-30(35-27)37-26-12-8-22(9-13-26)21-4-2-1-3-5-21;1-32-20-3-2-4-21(15-20)33-25-28-14-11-22(30-25)24-23(17-5-7-18(26)8-6-17)29-16-31(24)19-9-12-27-13-10-19/h1-13,16,19-20,25,32H,14-15,17-18H2;2-8,11,14-16,19,27H,9-10,12-13H2,1H3. The van der Waals surface area contributed by atoms with E-state index < -0.39 is 0 Å². The minimum atomic E-state index is -0.283. The predicted octanol–water partition coefficient (Wildman–Crippen LogP) is 11.4. The third-order valence-electron chi connectivity index (χ3n) is 12.4. The summed E-state index contributed by atoms with van der Waals surface area (Å²) >= 11 is 0. The summed E-state index contributed by atoms with van der Waals surface area (Å²) in [7, 11) is 1.61. The van der Waals surface area contributed by atoms with E-state index in [-0.39, 0.29) is 23.7 Å². The summed E-state index contributed by atoms with van der Waals surface area (Å²) < 4.78 is 48.8. The van der Waals surface area contributed by atoms with E-state index in [1.54, 1.807) is 49.8 Å². The fourth-order valence-corrected chi connectivity index (χ4v) is 8.86. The molecule has 2 N–H and O–H groups in total. The molecule has 2 aliphatic heterocycles. The van der Waals surface area contributed by atoms with Crippen molar-refractivity contribution >= 4 is 0 Å². The third-order valence-corrected chi connectivity index (χ3v) is 12.4. The molecule has 5 aromatic carbocycles. The monoisotopic (exact) mass is 936 g/mol. The molecule has 0 saturated carbocycles. The highest BCUT2D eigenvalue weighted by Gasteiger charge is 2.26. The van der Waals surface area contributed by atoms with Gasteiger partial charge in [-0.2, -0.15) is 9.97 Å². The van der Waals surface area contributed by atoms with Crippen LogP contribution in [0.1, 0.15) is 37.8 Å². The summed E-state index contributed by atoms with van der Waals surface area (Å²) in [5.74, 6) is 1.36. The zero-order valence-corrected chi connectivity index (χ0v) is 38.5. The fraction of sp³-hybridized carbons (Fsp3) is 0.200. The molecule has 9 aromatic rings. The molecule has 0 bridgehead atoms. The number of halogens is 2. The van der Waals surface area contributed by atoms with Gasteiger partial charge in [-0.3, -0.25) is 0 Å². The van der Waals surface area contributed by atoms with Crippen LogP contribution in [-0.4, -0.2) is 72.3 Å². The quantitative estimate of drug-likeness (QED) is 0.121. The SMILES string of the molecule is COc1cccc(Oc2nccc(-c3c(-c4ccc(F)cc4)ncn3C3CCNCC3)n2)c1.Fc1ccc(-c2ncn(C3CCNCC3)c2-c2ccnc(Oc3ccc(-c4ccccc4)cc3)n2)cc1. The molecule has 2 saturated heterocycles. The molecule has 11 rings (SSSR count). The Balaban J connectivity index is 0.000000163. The predicted molar refractivity (Wildman–Crippen MR) is 265 cm³/mol. The number of hydrogen-bond donors (Lipinski definition) is 2. The van der Waals surface area contributed by atoms with E-state index in [9.17, 15) is 8.78 Å². The van der Waals surface area contributed by atoms with Crippen molar-refractivity contribution in [3.05, 3.63) is 176 Å². The van der Waals surface area contributed by atoms with Crippen LogP contribution < -0.4 is 24.8 Å². The number of methoxy groups -OCH3 is 1. The molecular weight excluding hydrogens is 887 g/mol. The Hall–Kier alpha value is -8.14. The molecule has 0 unspecified atom stereocenters. The molecule has 0 spiro atoms. The first-order valence-corrected chi connectivity index (χ1v) is 23.3. The normalized spacial score (nSPS) is 14.1. The van der Waals surface area contributed by atoms with Crippen molar-refractivity contribution in [3.8, 4) is 85.7 Å². The molecule has 6 heterocycles. The van der Waals surface area contributed by atoms with Crippen LogP contribution in [-0.2, 0) is 0 Å². The van der Waals surface area contributed by atoms with Crippen LogP contribution in [0.4, 0.5) is 8.78 Å². The van der Waals surface area contributed by atoms with Gasteiger partial charge in [0, 0.05) is 41.7 Å². The maximum Gasteiger partial charge on any atom is 0.322 e. The Labute approximate surface area is 404 Å². The minimum absolute atomic E-state index is 0.226. The molecule has 13 nitrogen and oxygen atoms in total. The summed E-state index contributed by atoms with van der Waals surface area (Å²) in [6.45, 7) is 3.79. The van der Waals surface area contributed by atoms with Gasteiger partial charge in [0.25, 0.3) is 0 Å². The third kappa shape index (κ3) is 10.6. The molecule has 4 aromatic heterocycles. The lowest BCUT2D eigenvalue weighted by atomic mass is 10.0. The molecule has 15 heteroatoms. The van der Waals surface area contributed by atoms with Crippen LogP contribution in [0.5, 0.6) is 29.3 Å². The first-order chi connectivity index (χ1) is 34.5. The number of hydrogen-bond acceptors (Lipinski definition) is 11. The second kappa shape index (κ2) is 21.4. The Kier molecular flexibility index (Phi) is 14.0. The van der Waals surface area contributed by atoms with Gasteiger partial charge in [0.05, 0.1) is 53.9 Å². The van der Waals surface area contributed by atoms with E-state index in [1.165, 1.54) is 24.3 Å². The number of ether oxygens (including phenoxy) is 3. The van der Waals surface area contributed by atoms with Crippen LogP contribution in [0.3, 0.4) is 0 Å². The molecule has 2 aliphatic rings. The minimum Gasteiger partial charge on any atom is -0.497 e. The highest BCUT2D eigenvalue weighted by molar-refractivity contribution is 5.78. The van der Waals surface area contributed by atoms with Gasteiger partial charge in [0.2, 0.25) is 0 Å². The molecule has 352 valence electrons. The number of benzene rings is 5. The largest absolute Gasteiger partial charge is 0.497 e. The van der Waals surface area contributed by atoms with Gasteiger partial charge in [-0.15, -0.1) is 0 Å². The summed E-state index contributed by atoms with van der Waals surface area (Å²) in [6.07, 6.45) is 11.1. The van der Waals surface area contributed by atoms with Crippen LogP contribution in [0.25, 0.3) is 56.4 Å². The lowest BCUT2D eigenvalue weighted by Crippen LogP contribution is -2.29. The van der Waals surface area contributed by atoms with E-state index in [0.29, 0.717) is 40.7 Å². The van der Waals surface area contributed by atoms with Crippen molar-refractivity contribution in [2.24, 2.45) is 0 Å². The first kappa shape index (κ1) is 45.6. The van der Waals surface area contributed by atoms with E-state index in [1.807, 2.05) is 85.5 Å². The summed E-state index contributed by atoms with van der Waals surface area (Å²) in [6, 6.07) is 42.9. The van der Waals surface area contributed by atoms with Gasteiger partial charge in [-0.1, -0.05) is 48.5 Å². The van der Waals surface area contributed by atoms with Crippen molar-refractivity contribution in [1.82, 2.24) is 49.7 Å². The molecule has 0 aliphatic carbocycles. The van der Waals surface area contributed by atoms with Crippen molar-refractivity contribution in [1.29, 1.82) is 0 Å². The van der Waals surface area contributed by atoms with Crippen molar-refractivity contribution in [3.63, 3.8) is 0 Å². The maximum absolute atomic E-state index is 13.6. The molecular formula is C55H50F2N10O3. The van der Waals surface area contributed by atoms with E-state index in [0.717, 1.165) is 96.9 Å². The highest BCUT2D eigenvalue weighted by Crippen LogP contribution is 2.37. The van der Waals surface area contributed by atoms with Gasteiger partial charge >= 0.3 is 12.0 Å². The van der Waals surface area contributed by atoms with Crippen molar-refractivity contribution < 1.29 is 23.0 Å². The van der Waals surface area contributed by atoms with Crippen LogP contribution in [0, 0.1) is 11.6 Å². The van der Waals surface area contributed by atoms with E-state index in [4.69, 9.17) is 34.1 Å². The fourth-order valence-electron chi connectivity index (χ4n) is 8.86.